The van der Waals surface area contributed by atoms with Crippen molar-refractivity contribution in [3.63, 3.8) is 0 Å². The number of hydrogen-bond donors (Lipinski definition) is 2. The quantitative estimate of drug-likeness (QED) is 0.821. The summed E-state index contributed by atoms with van der Waals surface area (Å²) in [6.45, 7) is 0.557. The van der Waals surface area contributed by atoms with E-state index in [1.165, 1.54) is 6.20 Å². The molecule has 2 aromatic rings. The highest BCUT2D eigenvalue weighted by molar-refractivity contribution is 5.91. The van der Waals surface area contributed by atoms with E-state index in [0.29, 0.717) is 18.0 Å². The monoisotopic (exact) mass is 246 g/mol. The molecule has 0 bridgehead atoms. The number of carbonyl (C=O) groups is 1. The van der Waals surface area contributed by atoms with Crippen LogP contribution in [0, 0.1) is 0 Å². The summed E-state index contributed by atoms with van der Waals surface area (Å²) in [7, 11) is 0. The lowest BCUT2D eigenvalue weighted by Gasteiger charge is -2.06. The van der Waals surface area contributed by atoms with Gasteiger partial charge < -0.3 is 14.8 Å². The first kappa shape index (κ1) is 10.6. The highest BCUT2D eigenvalue weighted by Gasteiger charge is 2.17. The van der Waals surface area contributed by atoms with Gasteiger partial charge in [-0.25, -0.2) is 0 Å². The summed E-state index contributed by atoms with van der Waals surface area (Å²) >= 11 is 0. The Kier molecular flexibility index (Phi) is 2.56. The number of nitrogens with one attached hydrogen (secondary N) is 2. The Bertz CT molecular complexity index is 568. The molecule has 1 aromatic heterocycles. The van der Waals surface area contributed by atoms with Gasteiger partial charge in [0, 0.05) is 12.1 Å². The van der Waals surface area contributed by atoms with Crippen LogP contribution in [0.2, 0.25) is 0 Å². The number of nitrogens with zero attached hydrogens (tertiary/aromatic N) is 2. The Morgan fingerprint density at radius 1 is 1.44 bits per heavy atom. The van der Waals surface area contributed by atoms with Crippen molar-refractivity contribution in [2.24, 2.45) is 0 Å². The van der Waals surface area contributed by atoms with Crippen LogP contribution in [0.3, 0.4) is 0 Å². The molecule has 7 nitrogen and oxygen atoms in total. The number of benzene rings is 1. The molecule has 2 N–H and O–H groups in total. The zero-order chi connectivity index (χ0) is 12.4. The molecule has 1 aliphatic heterocycles. The Hall–Kier alpha value is -2.57. The fraction of sp³-hybridized carbons (Fsp3) is 0.182. The molecule has 2 heterocycles. The third-order valence-corrected chi connectivity index (χ3v) is 2.57. The molecule has 92 valence electrons. The molecule has 0 atom stereocenters. The van der Waals surface area contributed by atoms with Crippen LogP contribution in [-0.4, -0.2) is 28.1 Å². The molecular formula is C11H10N4O3. The molecular weight excluding hydrogens is 236 g/mol. The van der Waals surface area contributed by atoms with Crippen LogP contribution in [0.25, 0.3) is 0 Å². The van der Waals surface area contributed by atoms with E-state index in [0.717, 1.165) is 5.56 Å². The Labute approximate surface area is 102 Å². The first-order chi connectivity index (χ1) is 8.84. The number of rotatable bonds is 3. The highest BCUT2D eigenvalue weighted by atomic mass is 16.7. The van der Waals surface area contributed by atoms with Crippen LogP contribution >= 0.6 is 0 Å². The summed E-state index contributed by atoms with van der Waals surface area (Å²) in [6.07, 6.45) is 1.37. The van der Waals surface area contributed by atoms with Gasteiger partial charge in [-0.2, -0.15) is 15.4 Å². The van der Waals surface area contributed by atoms with Gasteiger partial charge in [-0.05, 0) is 6.07 Å². The predicted octanol–water partition coefficient (Wildman–Crippen LogP) is 0.463. The van der Waals surface area contributed by atoms with Crippen LogP contribution in [0.5, 0.6) is 11.5 Å². The SMILES string of the molecule is O=C(NCc1cccc2c1OCO2)c1cn[nH]n1. The number of fused-ring (bicyclic) bond motifs is 1. The summed E-state index contributed by atoms with van der Waals surface area (Å²) in [5.74, 6) is 1.08. The van der Waals surface area contributed by atoms with Crippen LogP contribution in [0.1, 0.15) is 16.1 Å². The minimum absolute atomic E-state index is 0.212. The maximum absolute atomic E-state index is 11.7. The Balaban J connectivity index is 1.71. The largest absolute Gasteiger partial charge is 0.454 e. The van der Waals surface area contributed by atoms with Crippen molar-refractivity contribution in [2.75, 3.05) is 6.79 Å². The van der Waals surface area contributed by atoms with E-state index in [1.54, 1.807) is 0 Å². The molecule has 0 saturated carbocycles. The van der Waals surface area contributed by atoms with Crippen LogP contribution < -0.4 is 14.8 Å². The van der Waals surface area contributed by atoms with Crippen LogP contribution in [-0.2, 0) is 6.54 Å². The minimum atomic E-state index is -0.291. The number of ether oxygens (including phenoxy) is 2. The van der Waals surface area contributed by atoms with Crippen molar-refractivity contribution < 1.29 is 14.3 Å². The van der Waals surface area contributed by atoms with Gasteiger partial charge in [-0.3, -0.25) is 4.79 Å². The van der Waals surface area contributed by atoms with Gasteiger partial charge in [0.05, 0.1) is 6.20 Å². The first-order valence-electron chi connectivity index (χ1n) is 5.36. The summed E-state index contributed by atoms with van der Waals surface area (Å²) in [4.78, 5) is 11.7. The number of aromatic amines is 1. The molecule has 1 aliphatic rings. The van der Waals surface area contributed by atoms with Gasteiger partial charge in [0.15, 0.2) is 17.2 Å². The molecule has 7 heteroatoms. The molecule has 1 amide bonds. The summed E-state index contributed by atoms with van der Waals surface area (Å²) in [5, 5.41) is 12.4. The van der Waals surface area contributed by atoms with E-state index in [9.17, 15) is 4.79 Å². The third kappa shape index (κ3) is 1.86. The Morgan fingerprint density at radius 3 is 3.22 bits per heavy atom. The van der Waals surface area contributed by atoms with Crippen molar-refractivity contribution >= 4 is 5.91 Å². The average molecular weight is 246 g/mol. The molecule has 0 spiro atoms. The smallest absolute Gasteiger partial charge is 0.273 e. The van der Waals surface area contributed by atoms with Crippen molar-refractivity contribution in [1.82, 2.24) is 20.7 Å². The van der Waals surface area contributed by atoms with Gasteiger partial charge in [0.2, 0.25) is 6.79 Å². The standard InChI is InChI=1S/C11H10N4O3/c16-11(8-5-13-15-14-8)12-4-7-2-1-3-9-10(7)18-6-17-9/h1-3,5H,4,6H2,(H,12,16)(H,13,14,15). The van der Waals surface area contributed by atoms with E-state index < -0.39 is 0 Å². The molecule has 0 radical (unpaired) electrons. The lowest BCUT2D eigenvalue weighted by Crippen LogP contribution is -2.23. The molecule has 0 fully saturated rings. The van der Waals surface area contributed by atoms with E-state index in [1.807, 2.05) is 18.2 Å². The normalized spacial score (nSPS) is 12.4. The topological polar surface area (TPSA) is 89.1 Å². The van der Waals surface area contributed by atoms with Crippen molar-refractivity contribution in [2.45, 2.75) is 6.54 Å². The molecule has 0 unspecified atom stereocenters. The van der Waals surface area contributed by atoms with Crippen molar-refractivity contribution in [3.05, 3.63) is 35.7 Å². The van der Waals surface area contributed by atoms with Gasteiger partial charge >= 0.3 is 0 Å². The fourth-order valence-electron chi connectivity index (χ4n) is 1.71. The molecule has 3 rings (SSSR count). The second-order valence-electron chi connectivity index (χ2n) is 3.69. The number of hydrogen-bond acceptors (Lipinski definition) is 5. The van der Waals surface area contributed by atoms with Crippen molar-refractivity contribution in [3.8, 4) is 11.5 Å². The average Bonchev–Trinajstić information content (AvgIpc) is 3.05. The van der Waals surface area contributed by atoms with Gasteiger partial charge in [0.25, 0.3) is 5.91 Å². The van der Waals surface area contributed by atoms with E-state index >= 15 is 0 Å². The third-order valence-electron chi connectivity index (χ3n) is 2.57. The fourth-order valence-corrected chi connectivity index (χ4v) is 1.71. The number of carbonyl (C=O) groups excluding carboxylic acids is 1. The summed E-state index contributed by atoms with van der Waals surface area (Å²) in [6, 6.07) is 5.55. The van der Waals surface area contributed by atoms with Crippen LogP contribution in [0.15, 0.2) is 24.4 Å². The number of amides is 1. The molecule has 0 aliphatic carbocycles. The number of para-hydroxylation sites is 1. The molecule has 18 heavy (non-hydrogen) atoms. The van der Waals surface area contributed by atoms with E-state index in [-0.39, 0.29) is 18.4 Å². The molecule has 0 saturated heterocycles. The Morgan fingerprint density at radius 2 is 2.39 bits per heavy atom. The first-order valence-corrected chi connectivity index (χ1v) is 5.36. The maximum atomic E-state index is 11.7. The molecule has 1 aromatic carbocycles. The second kappa shape index (κ2) is 4.36. The van der Waals surface area contributed by atoms with E-state index in [4.69, 9.17) is 9.47 Å². The number of aromatic nitrogens is 3. The van der Waals surface area contributed by atoms with Crippen molar-refractivity contribution in [1.29, 1.82) is 0 Å². The lowest BCUT2D eigenvalue weighted by molar-refractivity contribution is 0.0945. The zero-order valence-electron chi connectivity index (χ0n) is 9.34. The predicted molar refractivity (Wildman–Crippen MR) is 60.1 cm³/mol. The van der Waals surface area contributed by atoms with Crippen LogP contribution in [0.4, 0.5) is 0 Å². The second-order valence-corrected chi connectivity index (χ2v) is 3.69. The number of H-pyrrole nitrogens is 1. The minimum Gasteiger partial charge on any atom is -0.454 e. The van der Waals surface area contributed by atoms with Gasteiger partial charge in [-0.1, -0.05) is 12.1 Å². The van der Waals surface area contributed by atoms with Gasteiger partial charge in [-0.15, -0.1) is 0 Å². The van der Waals surface area contributed by atoms with E-state index in [2.05, 4.69) is 20.7 Å². The maximum Gasteiger partial charge on any atom is 0.273 e. The summed E-state index contributed by atoms with van der Waals surface area (Å²) < 4.78 is 10.6. The zero-order valence-corrected chi connectivity index (χ0v) is 9.34. The van der Waals surface area contributed by atoms with Gasteiger partial charge in [0.1, 0.15) is 0 Å². The highest BCUT2D eigenvalue weighted by Crippen LogP contribution is 2.35. The summed E-state index contributed by atoms with van der Waals surface area (Å²) in [5.41, 5.74) is 1.11. The lowest BCUT2D eigenvalue weighted by atomic mass is 10.2.